The number of carbonyl (C=O) groups excluding carboxylic acids is 1. The molecule has 0 radical (unpaired) electrons. The Balaban J connectivity index is 1.31. The van der Waals surface area contributed by atoms with E-state index < -0.39 is 6.10 Å². The second-order valence-corrected chi connectivity index (χ2v) is 12.4. The van der Waals surface area contributed by atoms with Crippen LogP contribution in [0.25, 0.3) is 0 Å². The van der Waals surface area contributed by atoms with E-state index in [4.69, 9.17) is 9.84 Å². The summed E-state index contributed by atoms with van der Waals surface area (Å²) in [6.07, 6.45) is 11.6. The molecule has 8 atom stereocenters. The van der Waals surface area contributed by atoms with Crippen LogP contribution in [-0.2, 0) is 4.74 Å². The zero-order valence-corrected chi connectivity index (χ0v) is 21.8. The van der Waals surface area contributed by atoms with E-state index in [1.165, 1.54) is 32.1 Å². The number of nitrogens with zero attached hydrogens (tertiary/aromatic N) is 2. The quantitative estimate of drug-likeness (QED) is 0.649. The summed E-state index contributed by atoms with van der Waals surface area (Å²) < 4.78 is 6.00. The van der Waals surface area contributed by atoms with E-state index >= 15 is 0 Å². The van der Waals surface area contributed by atoms with Crippen LogP contribution in [0.5, 0.6) is 0 Å². The van der Waals surface area contributed by atoms with Crippen LogP contribution in [0.3, 0.4) is 0 Å². The van der Waals surface area contributed by atoms with Crippen molar-refractivity contribution in [3.05, 3.63) is 29.6 Å². The van der Waals surface area contributed by atoms with Crippen LogP contribution in [0.4, 0.5) is 0 Å². The van der Waals surface area contributed by atoms with E-state index in [0.29, 0.717) is 28.9 Å². The standard InChI is InChI=1S/C29H44N2O4/c1-19-10-13-30-26(15-19)27(34)31-14-4-5-25-23-7-6-20-16-22(35-18-21(33)17-32)8-11-28(20,2)24(23)9-12-29(25,31)3/h10,13,15,20-25,32-33H,4-9,11-12,14,16-18H2,1-3H3/t20?,21-,22+,23?,24+,25?,28?,29+/m1/s1. The maximum atomic E-state index is 13.6. The third-order valence-electron chi connectivity index (χ3n) is 10.6. The van der Waals surface area contributed by atoms with Gasteiger partial charge in [0.1, 0.15) is 11.8 Å². The molecule has 194 valence electrons. The summed E-state index contributed by atoms with van der Waals surface area (Å²) in [5, 5.41) is 18.8. The summed E-state index contributed by atoms with van der Waals surface area (Å²) >= 11 is 0. The fourth-order valence-corrected chi connectivity index (χ4v) is 8.68. The summed E-state index contributed by atoms with van der Waals surface area (Å²) in [6, 6.07) is 3.89. The molecule has 4 unspecified atom stereocenters. The first-order valence-corrected chi connectivity index (χ1v) is 13.9. The molecule has 1 aromatic heterocycles. The number of piperidine rings is 1. The molecule has 4 aliphatic rings. The number of hydrogen-bond acceptors (Lipinski definition) is 5. The van der Waals surface area contributed by atoms with E-state index in [-0.39, 0.29) is 30.8 Å². The molecule has 0 bridgehead atoms. The average molecular weight is 485 g/mol. The highest BCUT2D eigenvalue weighted by Gasteiger charge is 2.59. The molecule has 1 aliphatic heterocycles. The molecule has 5 rings (SSSR count). The van der Waals surface area contributed by atoms with Gasteiger partial charge < -0.3 is 19.8 Å². The van der Waals surface area contributed by atoms with E-state index in [1.807, 2.05) is 19.1 Å². The molecule has 6 nitrogen and oxygen atoms in total. The third kappa shape index (κ3) is 4.44. The minimum atomic E-state index is -0.776. The molecule has 35 heavy (non-hydrogen) atoms. The van der Waals surface area contributed by atoms with Gasteiger partial charge in [-0.2, -0.15) is 0 Å². The lowest BCUT2D eigenvalue weighted by molar-refractivity contribution is -0.151. The van der Waals surface area contributed by atoms with Crippen molar-refractivity contribution in [2.45, 2.75) is 96.3 Å². The Morgan fingerprint density at radius 2 is 2.03 bits per heavy atom. The van der Waals surface area contributed by atoms with E-state index in [9.17, 15) is 9.90 Å². The molecule has 1 saturated heterocycles. The maximum absolute atomic E-state index is 13.6. The van der Waals surface area contributed by atoms with Gasteiger partial charge in [-0.3, -0.25) is 9.78 Å². The molecule has 1 aromatic rings. The van der Waals surface area contributed by atoms with Crippen LogP contribution in [-0.4, -0.2) is 63.5 Å². The molecular formula is C29H44N2O4. The van der Waals surface area contributed by atoms with Gasteiger partial charge in [0, 0.05) is 18.3 Å². The fourth-order valence-electron chi connectivity index (χ4n) is 8.68. The highest BCUT2D eigenvalue weighted by Crippen LogP contribution is 2.63. The Hall–Kier alpha value is -1.50. The number of pyridine rings is 1. The molecule has 0 aromatic carbocycles. The molecule has 2 heterocycles. The summed E-state index contributed by atoms with van der Waals surface area (Å²) in [7, 11) is 0. The Morgan fingerprint density at radius 1 is 1.20 bits per heavy atom. The van der Waals surface area contributed by atoms with Crippen LogP contribution in [0, 0.1) is 36.0 Å². The van der Waals surface area contributed by atoms with Gasteiger partial charge in [-0.1, -0.05) is 6.92 Å². The summed E-state index contributed by atoms with van der Waals surface area (Å²) in [6.45, 7) is 7.77. The molecule has 2 N–H and O–H groups in total. The average Bonchev–Trinajstić information content (AvgIpc) is 2.85. The zero-order chi connectivity index (χ0) is 24.8. The Morgan fingerprint density at radius 3 is 2.80 bits per heavy atom. The van der Waals surface area contributed by atoms with Crippen molar-refractivity contribution >= 4 is 5.91 Å². The highest BCUT2D eigenvalue weighted by atomic mass is 16.5. The number of ether oxygens (including phenoxy) is 1. The van der Waals surface area contributed by atoms with Crippen LogP contribution in [0.15, 0.2) is 18.3 Å². The second kappa shape index (κ2) is 9.75. The van der Waals surface area contributed by atoms with Crippen molar-refractivity contribution in [3.8, 4) is 0 Å². The van der Waals surface area contributed by atoms with Crippen molar-refractivity contribution in [3.63, 3.8) is 0 Å². The predicted molar refractivity (Wildman–Crippen MR) is 135 cm³/mol. The van der Waals surface area contributed by atoms with Crippen LogP contribution in [0.1, 0.15) is 87.7 Å². The third-order valence-corrected chi connectivity index (χ3v) is 10.6. The van der Waals surface area contributed by atoms with Crippen molar-refractivity contribution in [2.75, 3.05) is 19.8 Å². The van der Waals surface area contributed by atoms with Gasteiger partial charge in [0.15, 0.2) is 0 Å². The van der Waals surface area contributed by atoms with Gasteiger partial charge in [-0.25, -0.2) is 0 Å². The SMILES string of the molecule is Cc1ccnc(C(=O)N2CCCC3C4CCC5C[C@@H](OC[C@H](O)CO)CCC5(C)[C@H]4CC[C@@]32C)c1. The first-order valence-electron chi connectivity index (χ1n) is 13.9. The Bertz CT molecular complexity index is 924. The molecule has 3 aliphatic carbocycles. The molecule has 4 fully saturated rings. The molecule has 3 saturated carbocycles. The van der Waals surface area contributed by atoms with Gasteiger partial charge in [-0.05, 0) is 118 Å². The number of aryl methyl sites for hydroxylation is 1. The number of fused-ring (bicyclic) bond motifs is 5. The van der Waals surface area contributed by atoms with E-state index in [0.717, 1.165) is 43.7 Å². The molecular weight excluding hydrogens is 440 g/mol. The molecule has 0 spiro atoms. The van der Waals surface area contributed by atoms with Crippen molar-refractivity contribution in [2.24, 2.45) is 29.1 Å². The number of aliphatic hydroxyl groups is 2. The minimum Gasteiger partial charge on any atom is -0.394 e. The summed E-state index contributed by atoms with van der Waals surface area (Å²) in [4.78, 5) is 20.3. The predicted octanol–water partition coefficient (Wildman–Crippen LogP) is 4.37. The van der Waals surface area contributed by atoms with Crippen LogP contribution >= 0.6 is 0 Å². The first-order chi connectivity index (χ1) is 16.8. The van der Waals surface area contributed by atoms with Gasteiger partial charge in [0.05, 0.1) is 19.3 Å². The van der Waals surface area contributed by atoms with Gasteiger partial charge in [0.25, 0.3) is 5.91 Å². The second-order valence-electron chi connectivity index (χ2n) is 12.4. The molecule has 6 heteroatoms. The van der Waals surface area contributed by atoms with Gasteiger partial charge in [0.2, 0.25) is 0 Å². The molecule has 1 amide bonds. The number of amides is 1. The van der Waals surface area contributed by atoms with E-state index in [2.05, 4.69) is 23.7 Å². The van der Waals surface area contributed by atoms with Crippen LogP contribution in [0.2, 0.25) is 0 Å². The lowest BCUT2D eigenvalue weighted by atomic mass is 9.45. The Labute approximate surface area is 210 Å². The maximum Gasteiger partial charge on any atom is 0.272 e. The topological polar surface area (TPSA) is 82.9 Å². The van der Waals surface area contributed by atoms with Crippen molar-refractivity contribution in [1.82, 2.24) is 9.88 Å². The lowest BCUT2D eigenvalue weighted by Gasteiger charge is -2.64. The number of aliphatic hydroxyl groups excluding tert-OH is 2. The number of rotatable bonds is 5. The summed E-state index contributed by atoms with van der Waals surface area (Å²) in [5.74, 6) is 2.74. The van der Waals surface area contributed by atoms with Gasteiger partial charge >= 0.3 is 0 Å². The zero-order valence-electron chi connectivity index (χ0n) is 21.8. The number of carbonyl (C=O) groups is 1. The largest absolute Gasteiger partial charge is 0.394 e. The summed E-state index contributed by atoms with van der Waals surface area (Å²) in [5.41, 5.74) is 1.94. The normalized spacial score (nSPS) is 39.8. The minimum absolute atomic E-state index is 0.0775. The van der Waals surface area contributed by atoms with Crippen molar-refractivity contribution in [1.29, 1.82) is 0 Å². The van der Waals surface area contributed by atoms with Crippen molar-refractivity contribution < 1.29 is 19.7 Å². The smallest absolute Gasteiger partial charge is 0.272 e. The number of aromatic nitrogens is 1. The first kappa shape index (κ1) is 25.2. The highest BCUT2D eigenvalue weighted by molar-refractivity contribution is 5.93. The number of likely N-dealkylation sites (tertiary alicyclic amines) is 1. The van der Waals surface area contributed by atoms with Crippen LogP contribution < -0.4 is 0 Å². The monoisotopic (exact) mass is 484 g/mol. The van der Waals surface area contributed by atoms with E-state index in [1.54, 1.807) is 6.20 Å². The lowest BCUT2D eigenvalue weighted by Crippen LogP contribution is -2.64. The van der Waals surface area contributed by atoms with Gasteiger partial charge in [-0.15, -0.1) is 0 Å². The fraction of sp³-hybridized carbons (Fsp3) is 0.793. The Kier molecular flexibility index (Phi) is 7.01. The number of hydrogen-bond donors (Lipinski definition) is 2.